The molecule has 0 amide bonds. The number of β-amino-alcohol motifs (C(OH)–C–C–N with tert-alkyl or cyclic N) is 1. The fraction of sp³-hybridized carbons (Fsp3) is 0.385. The smallest absolute Gasteiger partial charge is 0.128 e. The molecule has 6 heteroatoms. The molecule has 1 aliphatic heterocycles. The second-order valence-corrected chi connectivity index (χ2v) is 10.6. The van der Waals surface area contributed by atoms with Gasteiger partial charge in [0.25, 0.3) is 0 Å². The third-order valence-corrected chi connectivity index (χ3v) is 8.06. The van der Waals surface area contributed by atoms with E-state index in [1.54, 1.807) is 0 Å². The van der Waals surface area contributed by atoms with Gasteiger partial charge >= 0.3 is 0 Å². The summed E-state index contributed by atoms with van der Waals surface area (Å²) >= 11 is 8.05. The summed E-state index contributed by atoms with van der Waals surface area (Å²) < 4.78 is 7.30. The molecule has 3 atom stereocenters. The van der Waals surface area contributed by atoms with Crippen molar-refractivity contribution in [2.45, 2.75) is 44.8 Å². The zero-order valence-electron chi connectivity index (χ0n) is 18.5. The molecule has 32 heavy (non-hydrogen) atoms. The minimum absolute atomic E-state index is 0.299. The van der Waals surface area contributed by atoms with Crippen molar-refractivity contribution in [2.24, 2.45) is 0 Å². The Morgan fingerprint density at radius 1 is 1.25 bits per heavy atom. The quantitative estimate of drug-likeness (QED) is 0.346. The number of aryl methyl sites for hydroxylation is 1. The molecular weight excluding hydrogens is 440 g/mol. The summed E-state index contributed by atoms with van der Waals surface area (Å²) in [6.07, 6.45) is 1.70. The second-order valence-electron chi connectivity index (χ2n) is 9.03. The highest BCUT2D eigenvalue weighted by atomic mass is 35.5. The molecule has 2 aromatic heterocycles. The van der Waals surface area contributed by atoms with Gasteiger partial charge in [0.1, 0.15) is 18.5 Å². The van der Waals surface area contributed by atoms with E-state index in [2.05, 4.69) is 41.1 Å². The zero-order valence-corrected chi connectivity index (χ0v) is 20.0. The van der Waals surface area contributed by atoms with Crippen molar-refractivity contribution in [2.75, 3.05) is 19.7 Å². The van der Waals surface area contributed by atoms with Crippen LogP contribution in [0.15, 0.2) is 48.5 Å². The number of hydrogen-bond acceptors (Lipinski definition) is 4. The lowest BCUT2D eigenvalue weighted by Crippen LogP contribution is -2.45. The maximum atomic E-state index is 10.7. The highest BCUT2D eigenvalue weighted by Gasteiger charge is 2.28. The van der Waals surface area contributed by atoms with Crippen LogP contribution in [-0.2, 0) is 0 Å². The number of aliphatic hydroxyl groups is 1. The summed E-state index contributed by atoms with van der Waals surface area (Å²) in [5, 5.41) is 13.8. The third kappa shape index (κ3) is 4.53. The van der Waals surface area contributed by atoms with Gasteiger partial charge in [0, 0.05) is 43.8 Å². The Balaban J connectivity index is 1.17. The Bertz CT molecular complexity index is 1230. The molecule has 1 saturated heterocycles. The van der Waals surface area contributed by atoms with Crippen LogP contribution in [0.25, 0.3) is 21.0 Å². The van der Waals surface area contributed by atoms with E-state index >= 15 is 0 Å². The first kappa shape index (κ1) is 21.8. The molecule has 0 bridgehead atoms. The summed E-state index contributed by atoms with van der Waals surface area (Å²) in [5.74, 6) is 1.39. The predicted octanol–water partition coefficient (Wildman–Crippen LogP) is 6.35. The zero-order chi connectivity index (χ0) is 22.2. The number of H-pyrrole nitrogens is 1. The van der Waals surface area contributed by atoms with Crippen LogP contribution in [0.2, 0.25) is 5.02 Å². The van der Waals surface area contributed by atoms with Gasteiger partial charge in [-0.25, -0.2) is 0 Å². The Labute approximate surface area is 197 Å². The summed E-state index contributed by atoms with van der Waals surface area (Å²) in [6.45, 7) is 6.24. The Kier molecular flexibility index (Phi) is 6.17. The molecular formula is C26H29ClN2O2S. The number of aromatic amines is 1. The summed E-state index contributed by atoms with van der Waals surface area (Å²) in [6, 6.07) is 17.0. The minimum atomic E-state index is -0.518. The number of fused-ring (bicyclic) bond motifs is 2. The normalized spacial score (nSPS) is 20.8. The first-order valence-electron chi connectivity index (χ1n) is 11.3. The number of nitrogens with one attached hydrogen (secondary N) is 1. The Morgan fingerprint density at radius 2 is 2.12 bits per heavy atom. The van der Waals surface area contributed by atoms with Gasteiger partial charge in [0.2, 0.25) is 0 Å². The Hall–Kier alpha value is -2.05. The van der Waals surface area contributed by atoms with Crippen molar-refractivity contribution in [3.8, 4) is 5.75 Å². The van der Waals surface area contributed by atoms with Gasteiger partial charge in [-0.3, -0.25) is 4.90 Å². The van der Waals surface area contributed by atoms with Crippen LogP contribution in [0.5, 0.6) is 5.75 Å². The monoisotopic (exact) mass is 468 g/mol. The van der Waals surface area contributed by atoms with Gasteiger partial charge in [-0.2, -0.15) is 0 Å². The van der Waals surface area contributed by atoms with E-state index in [0.717, 1.165) is 46.8 Å². The SMILES string of the molecule is Cc1cc2c(OC[C@@H](O)CN3CC[C@@H](c4cc5cc(Cl)ccc5s4)C[C@H]3C)cccc2[nH]1. The van der Waals surface area contributed by atoms with Crippen molar-refractivity contribution in [1.29, 1.82) is 0 Å². The van der Waals surface area contributed by atoms with Crippen molar-refractivity contribution < 1.29 is 9.84 Å². The molecule has 2 aromatic carbocycles. The number of aliphatic hydroxyl groups excluding tert-OH is 1. The predicted molar refractivity (Wildman–Crippen MR) is 134 cm³/mol. The van der Waals surface area contributed by atoms with E-state index in [9.17, 15) is 5.11 Å². The number of halogens is 1. The van der Waals surface area contributed by atoms with Crippen LogP contribution < -0.4 is 4.74 Å². The van der Waals surface area contributed by atoms with Crippen molar-refractivity contribution >= 4 is 43.9 Å². The lowest BCUT2D eigenvalue weighted by molar-refractivity contribution is 0.0408. The van der Waals surface area contributed by atoms with Gasteiger partial charge in [-0.05, 0) is 87.0 Å². The van der Waals surface area contributed by atoms with Crippen molar-refractivity contribution in [1.82, 2.24) is 9.88 Å². The number of ether oxygens (including phenoxy) is 1. The van der Waals surface area contributed by atoms with Gasteiger partial charge in [-0.1, -0.05) is 17.7 Å². The maximum absolute atomic E-state index is 10.7. The molecule has 168 valence electrons. The standard InChI is InChI=1S/C26H29ClN2O2S/c1-16-10-22-23(28-16)4-3-5-24(22)31-15-21(30)14-29-9-8-18(11-17(29)2)26-13-19-12-20(27)6-7-25(19)32-26/h3-7,10,12-13,17-18,21,28,30H,8-9,11,14-15H2,1-2H3/t17-,18-,21+/m1/s1. The van der Waals surface area contributed by atoms with E-state index in [-0.39, 0.29) is 0 Å². The largest absolute Gasteiger partial charge is 0.490 e. The fourth-order valence-electron chi connectivity index (χ4n) is 4.89. The molecule has 4 nitrogen and oxygen atoms in total. The van der Waals surface area contributed by atoms with Crippen LogP contribution >= 0.6 is 22.9 Å². The van der Waals surface area contributed by atoms with Crippen LogP contribution in [-0.4, -0.2) is 46.8 Å². The Morgan fingerprint density at radius 3 is 2.97 bits per heavy atom. The minimum Gasteiger partial charge on any atom is -0.490 e. The molecule has 0 aliphatic carbocycles. The molecule has 4 aromatic rings. The average molecular weight is 469 g/mol. The second kappa shape index (κ2) is 9.06. The van der Waals surface area contributed by atoms with Crippen molar-refractivity contribution in [3.63, 3.8) is 0 Å². The average Bonchev–Trinajstić information content (AvgIpc) is 3.36. The topological polar surface area (TPSA) is 48.5 Å². The highest BCUT2D eigenvalue weighted by molar-refractivity contribution is 7.19. The lowest BCUT2D eigenvalue weighted by atomic mass is 9.90. The summed E-state index contributed by atoms with van der Waals surface area (Å²) in [4.78, 5) is 7.18. The highest BCUT2D eigenvalue weighted by Crippen LogP contribution is 2.39. The van der Waals surface area contributed by atoms with Crippen LogP contribution in [0.4, 0.5) is 0 Å². The van der Waals surface area contributed by atoms with E-state index in [1.165, 1.54) is 15.0 Å². The summed E-state index contributed by atoms with van der Waals surface area (Å²) in [5.41, 5.74) is 2.17. The number of aromatic nitrogens is 1. The van der Waals surface area contributed by atoms with Crippen LogP contribution in [0, 0.1) is 6.92 Å². The number of thiophene rings is 1. The number of nitrogens with zero attached hydrogens (tertiary/aromatic N) is 1. The molecule has 3 heterocycles. The number of benzene rings is 2. The van der Waals surface area contributed by atoms with Gasteiger partial charge in [-0.15, -0.1) is 11.3 Å². The molecule has 1 aliphatic rings. The molecule has 2 N–H and O–H groups in total. The first-order chi connectivity index (χ1) is 15.5. The number of likely N-dealkylation sites (tertiary alicyclic amines) is 1. The van der Waals surface area contributed by atoms with Crippen molar-refractivity contribution in [3.05, 3.63) is 64.1 Å². The van der Waals surface area contributed by atoms with Gasteiger partial charge in [0.05, 0.1) is 0 Å². The molecule has 0 spiro atoms. The molecule has 0 unspecified atom stereocenters. The molecule has 0 saturated carbocycles. The lowest BCUT2D eigenvalue weighted by Gasteiger charge is -2.38. The van der Waals surface area contributed by atoms with Gasteiger partial charge < -0.3 is 14.8 Å². The molecule has 0 radical (unpaired) electrons. The maximum Gasteiger partial charge on any atom is 0.128 e. The van der Waals surface area contributed by atoms with E-state index in [0.29, 0.717) is 25.1 Å². The number of piperidine rings is 1. The fourth-order valence-corrected chi connectivity index (χ4v) is 6.26. The first-order valence-corrected chi connectivity index (χ1v) is 12.5. The molecule has 5 rings (SSSR count). The summed E-state index contributed by atoms with van der Waals surface area (Å²) in [7, 11) is 0. The van der Waals surface area contributed by atoms with E-state index in [1.807, 2.05) is 42.5 Å². The van der Waals surface area contributed by atoms with E-state index in [4.69, 9.17) is 16.3 Å². The van der Waals surface area contributed by atoms with Crippen LogP contribution in [0.1, 0.15) is 36.3 Å². The number of hydrogen-bond donors (Lipinski definition) is 2. The van der Waals surface area contributed by atoms with Gasteiger partial charge in [0.15, 0.2) is 0 Å². The third-order valence-electron chi connectivity index (χ3n) is 6.55. The van der Waals surface area contributed by atoms with E-state index < -0.39 is 6.10 Å². The van der Waals surface area contributed by atoms with Crippen LogP contribution in [0.3, 0.4) is 0 Å². The molecule has 1 fully saturated rings. The number of rotatable bonds is 6.